The number of rotatable bonds is 5. The third-order valence-corrected chi connectivity index (χ3v) is 4.19. The molecule has 0 aliphatic rings. The molecule has 1 unspecified atom stereocenters. The van der Waals surface area contributed by atoms with Crippen LogP contribution in [0.2, 0.25) is 0 Å². The highest BCUT2D eigenvalue weighted by Crippen LogP contribution is 2.24. The topological polar surface area (TPSA) is 55.8 Å². The number of para-hydroxylation sites is 1. The lowest BCUT2D eigenvalue weighted by Gasteiger charge is -2.21. The normalized spacial score (nSPS) is 11.5. The van der Waals surface area contributed by atoms with Crippen LogP contribution in [0.5, 0.6) is 5.75 Å². The summed E-state index contributed by atoms with van der Waals surface area (Å²) in [5, 5.41) is 0. The van der Waals surface area contributed by atoms with Gasteiger partial charge in [0.1, 0.15) is 5.75 Å². The van der Waals surface area contributed by atoms with Crippen molar-refractivity contribution in [2.45, 2.75) is 13.0 Å². The Balaban J connectivity index is 2.10. The number of methoxy groups -OCH3 is 1. The van der Waals surface area contributed by atoms with Gasteiger partial charge in [0.05, 0.1) is 12.7 Å². The van der Waals surface area contributed by atoms with Gasteiger partial charge in [-0.2, -0.15) is 0 Å². The van der Waals surface area contributed by atoms with Gasteiger partial charge < -0.3 is 14.4 Å². The zero-order valence-electron chi connectivity index (χ0n) is 13.7. The van der Waals surface area contributed by atoms with Crippen LogP contribution in [-0.4, -0.2) is 32.1 Å². The van der Waals surface area contributed by atoms with Crippen LogP contribution < -0.4 is 9.64 Å². The molecular weight excluding hydrogens is 374 g/mol. The monoisotopic (exact) mass is 391 g/mol. The van der Waals surface area contributed by atoms with Crippen molar-refractivity contribution in [3.8, 4) is 5.75 Å². The van der Waals surface area contributed by atoms with Crippen LogP contribution in [0.4, 0.5) is 5.69 Å². The minimum Gasteiger partial charge on any atom is -0.497 e. The quantitative estimate of drug-likeness (QED) is 0.729. The largest absolute Gasteiger partial charge is 0.497 e. The van der Waals surface area contributed by atoms with E-state index in [4.69, 9.17) is 9.47 Å². The summed E-state index contributed by atoms with van der Waals surface area (Å²) >= 11 is 3.30. The summed E-state index contributed by atoms with van der Waals surface area (Å²) in [7, 11) is 3.16. The highest BCUT2D eigenvalue weighted by Gasteiger charge is 2.24. The number of anilines is 1. The van der Waals surface area contributed by atoms with Crippen LogP contribution in [0.1, 0.15) is 17.3 Å². The van der Waals surface area contributed by atoms with Crippen molar-refractivity contribution < 1.29 is 19.1 Å². The lowest BCUT2D eigenvalue weighted by molar-refractivity contribution is -0.126. The van der Waals surface area contributed by atoms with Crippen LogP contribution >= 0.6 is 15.9 Å². The molecule has 2 aromatic rings. The van der Waals surface area contributed by atoms with E-state index in [2.05, 4.69) is 15.9 Å². The van der Waals surface area contributed by atoms with Gasteiger partial charge in [0, 0.05) is 17.2 Å². The molecule has 2 rings (SSSR count). The first-order valence-electron chi connectivity index (χ1n) is 7.31. The van der Waals surface area contributed by atoms with Gasteiger partial charge in [0.2, 0.25) is 0 Å². The third kappa shape index (κ3) is 4.14. The van der Waals surface area contributed by atoms with E-state index >= 15 is 0 Å². The molecule has 5 nitrogen and oxygen atoms in total. The second-order valence-electron chi connectivity index (χ2n) is 5.13. The number of halogens is 1. The molecule has 0 heterocycles. The molecule has 0 radical (unpaired) electrons. The van der Waals surface area contributed by atoms with Crippen LogP contribution in [0.15, 0.2) is 53.0 Å². The molecule has 0 aromatic heterocycles. The van der Waals surface area contributed by atoms with Gasteiger partial charge >= 0.3 is 5.97 Å². The van der Waals surface area contributed by atoms with Gasteiger partial charge in [-0.1, -0.05) is 18.2 Å². The minimum absolute atomic E-state index is 0.302. The van der Waals surface area contributed by atoms with E-state index in [0.29, 0.717) is 15.8 Å². The molecular formula is C18H18BrNO4. The Morgan fingerprint density at radius 1 is 1.12 bits per heavy atom. The number of benzene rings is 2. The van der Waals surface area contributed by atoms with Crippen molar-refractivity contribution in [1.82, 2.24) is 0 Å². The molecule has 0 aliphatic heterocycles. The summed E-state index contributed by atoms with van der Waals surface area (Å²) < 4.78 is 11.0. The van der Waals surface area contributed by atoms with Crippen LogP contribution in [0.3, 0.4) is 0 Å². The van der Waals surface area contributed by atoms with Crippen LogP contribution in [0, 0.1) is 0 Å². The van der Waals surface area contributed by atoms with E-state index in [9.17, 15) is 9.59 Å². The molecule has 0 saturated heterocycles. The molecule has 0 aliphatic carbocycles. The predicted molar refractivity (Wildman–Crippen MR) is 95.4 cm³/mol. The fourth-order valence-corrected chi connectivity index (χ4v) is 2.52. The minimum atomic E-state index is -0.916. The van der Waals surface area contributed by atoms with E-state index in [0.717, 1.165) is 5.69 Å². The number of likely N-dealkylation sites (N-methyl/N-ethyl adjacent to an activating group) is 1. The van der Waals surface area contributed by atoms with Crippen molar-refractivity contribution >= 4 is 33.5 Å². The fourth-order valence-electron chi connectivity index (χ4n) is 2.11. The molecule has 24 heavy (non-hydrogen) atoms. The van der Waals surface area contributed by atoms with Crippen molar-refractivity contribution in [1.29, 1.82) is 0 Å². The number of esters is 1. The molecule has 0 saturated carbocycles. The molecule has 0 N–H and O–H groups in total. The zero-order valence-corrected chi connectivity index (χ0v) is 15.2. The highest BCUT2D eigenvalue weighted by atomic mass is 79.9. The van der Waals surface area contributed by atoms with Crippen molar-refractivity contribution in [2.24, 2.45) is 0 Å². The van der Waals surface area contributed by atoms with Gasteiger partial charge in [0.25, 0.3) is 5.91 Å². The first kappa shape index (κ1) is 18.0. The smallest absolute Gasteiger partial charge is 0.340 e. The number of hydrogen-bond donors (Lipinski definition) is 0. The SMILES string of the molecule is COc1ccc(Br)c(C(=O)OC(C)C(=O)N(C)c2ccccc2)c1. The van der Waals surface area contributed by atoms with E-state index < -0.39 is 12.1 Å². The molecule has 2 aromatic carbocycles. The van der Waals surface area contributed by atoms with E-state index in [1.165, 1.54) is 12.0 Å². The summed E-state index contributed by atoms with van der Waals surface area (Å²) in [5.74, 6) is -0.373. The number of nitrogens with zero attached hydrogens (tertiary/aromatic N) is 1. The zero-order chi connectivity index (χ0) is 17.7. The maximum atomic E-state index is 12.4. The summed E-state index contributed by atoms with van der Waals surface area (Å²) in [5.41, 5.74) is 1.03. The maximum Gasteiger partial charge on any atom is 0.340 e. The van der Waals surface area contributed by atoms with Crippen molar-refractivity contribution in [2.75, 3.05) is 19.1 Å². The second kappa shape index (κ2) is 7.97. The Morgan fingerprint density at radius 3 is 2.42 bits per heavy atom. The molecule has 0 spiro atoms. The standard InChI is InChI=1S/C18H18BrNO4/c1-12(17(21)20(2)13-7-5-4-6-8-13)24-18(22)15-11-14(23-3)9-10-16(15)19/h4-12H,1-3H3. The second-order valence-corrected chi connectivity index (χ2v) is 5.98. The first-order valence-corrected chi connectivity index (χ1v) is 8.10. The average Bonchev–Trinajstić information content (AvgIpc) is 2.61. The molecule has 126 valence electrons. The van der Waals surface area contributed by atoms with Gasteiger partial charge in [-0.15, -0.1) is 0 Å². The van der Waals surface area contributed by atoms with E-state index in [-0.39, 0.29) is 5.91 Å². The molecule has 0 fully saturated rings. The number of hydrogen-bond acceptors (Lipinski definition) is 4. The maximum absolute atomic E-state index is 12.4. The van der Waals surface area contributed by atoms with E-state index in [1.54, 1.807) is 32.2 Å². The summed E-state index contributed by atoms with van der Waals surface area (Å²) in [6.45, 7) is 1.55. The Kier molecular flexibility index (Phi) is 5.98. The first-order chi connectivity index (χ1) is 11.4. The summed E-state index contributed by atoms with van der Waals surface area (Å²) in [6.07, 6.45) is -0.916. The van der Waals surface area contributed by atoms with Gasteiger partial charge in [0.15, 0.2) is 6.10 Å². The van der Waals surface area contributed by atoms with Gasteiger partial charge in [-0.3, -0.25) is 4.79 Å². The fraction of sp³-hybridized carbons (Fsp3) is 0.222. The van der Waals surface area contributed by atoms with Crippen molar-refractivity contribution in [3.05, 3.63) is 58.6 Å². The molecule has 1 atom stereocenters. The van der Waals surface area contributed by atoms with Gasteiger partial charge in [-0.05, 0) is 53.2 Å². The lowest BCUT2D eigenvalue weighted by atomic mass is 10.2. The number of carbonyl (C=O) groups is 2. The average molecular weight is 392 g/mol. The van der Waals surface area contributed by atoms with Crippen LogP contribution in [0.25, 0.3) is 0 Å². The highest BCUT2D eigenvalue weighted by molar-refractivity contribution is 9.10. The lowest BCUT2D eigenvalue weighted by Crippen LogP contribution is -2.37. The predicted octanol–water partition coefficient (Wildman–Crippen LogP) is 3.67. The van der Waals surface area contributed by atoms with Gasteiger partial charge in [-0.25, -0.2) is 4.79 Å². The summed E-state index contributed by atoms with van der Waals surface area (Å²) in [6, 6.07) is 14.1. The Morgan fingerprint density at radius 2 is 1.79 bits per heavy atom. The summed E-state index contributed by atoms with van der Waals surface area (Å²) in [4.78, 5) is 26.2. The molecule has 0 bridgehead atoms. The molecule has 1 amide bonds. The number of ether oxygens (including phenoxy) is 2. The van der Waals surface area contributed by atoms with Crippen LogP contribution in [-0.2, 0) is 9.53 Å². The third-order valence-electron chi connectivity index (χ3n) is 3.50. The van der Waals surface area contributed by atoms with E-state index in [1.807, 2.05) is 30.3 Å². The number of amides is 1. The molecule has 6 heteroatoms. The Hall–Kier alpha value is -2.34. The Bertz CT molecular complexity index is 733. The number of carbonyl (C=O) groups excluding carboxylic acids is 2. The van der Waals surface area contributed by atoms with Crippen molar-refractivity contribution in [3.63, 3.8) is 0 Å². The Labute approximate surface area is 149 Å².